The van der Waals surface area contributed by atoms with Crippen LogP contribution in [0.4, 0.5) is 23.4 Å². The number of nitrogens with one attached hydrogen (secondary N) is 1. The molecule has 0 saturated carbocycles. The summed E-state index contributed by atoms with van der Waals surface area (Å²) in [5.74, 6) is -3.79. The number of nitrogens with two attached hydrogens (primary N) is 1. The molecule has 5 aromatic rings. The van der Waals surface area contributed by atoms with E-state index < -0.39 is 29.3 Å². The molecule has 0 aliphatic heterocycles. The zero-order valence-electron chi connectivity index (χ0n) is 19.0. The maximum absolute atomic E-state index is 14.8. The van der Waals surface area contributed by atoms with Crippen molar-refractivity contribution in [2.75, 3.05) is 5.73 Å². The Balaban J connectivity index is 1.91. The normalized spacial score (nSPS) is 12.8. The first-order chi connectivity index (χ1) is 17.1. The molecule has 11 heteroatoms. The lowest BCUT2D eigenvalue weighted by molar-refractivity contribution is -0.142. The van der Waals surface area contributed by atoms with Crippen molar-refractivity contribution in [1.29, 1.82) is 0 Å². The van der Waals surface area contributed by atoms with Crippen molar-refractivity contribution in [1.82, 2.24) is 24.9 Å². The van der Waals surface area contributed by atoms with E-state index in [9.17, 15) is 22.4 Å². The van der Waals surface area contributed by atoms with Crippen molar-refractivity contribution in [2.45, 2.75) is 25.9 Å². The molecule has 182 valence electrons. The van der Waals surface area contributed by atoms with Gasteiger partial charge in [0.1, 0.15) is 23.1 Å². The van der Waals surface area contributed by atoms with E-state index in [0.717, 1.165) is 6.07 Å². The summed E-state index contributed by atoms with van der Waals surface area (Å²) in [6, 6.07) is 8.29. The van der Waals surface area contributed by atoms with Gasteiger partial charge in [0.15, 0.2) is 5.82 Å². The highest BCUT2D eigenvalue weighted by atomic mass is 19.4. The molecule has 36 heavy (non-hydrogen) atoms. The Kier molecular flexibility index (Phi) is 5.42. The van der Waals surface area contributed by atoms with E-state index >= 15 is 0 Å². The average molecular weight is 494 g/mol. The second-order valence-electron chi connectivity index (χ2n) is 8.35. The highest BCUT2D eigenvalue weighted by molar-refractivity contribution is 5.87. The molecule has 0 spiro atoms. The Morgan fingerprint density at radius 2 is 1.81 bits per heavy atom. The van der Waals surface area contributed by atoms with Crippen LogP contribution in [0.15, 0.2) is 53.6 Å². The quantitative estimate of drug-likeness (QED) is 0.343. The third-order valence-corrected chi connectivity index (χ3v) is 6.01. The van der Waals surface area contributed by atoms with Crippen LogP contribution in [0.1, 0.15) is 28.4 Å². The average Bonchev–Trinajstić information content (AvgIpc) is 2.81. The minimum absolute atomic E-state index is 0.0669. The van der Waals surface area contributed by atoms with Crippen molar-refractivity contribution < 1.29 is 17.6 Å². The van der Waals surface area contributed by atoms with E-state index in [1.54, 1.807) is 13.0 Å². The number of rotatable bonds is 3. The summed E-state index contributed by atoms with van der Waals surface area (Å²) < 4.78 is 58.6. The van der Waals surface area contributed by atoms with Gasteiger partial charge in [-0.3, -0.25) is 9.78 Å². The fourth-order valence-corrected chi connectivity index (χ4v) is 4.27. The number of pyridine rings is 3. The van der Waals surface area contributed by atoms with Crippen molar-refractivity contribution in [3.05, 3.63) is 87.5 Å². The van der Waals surface area contributed by atoms with Crippen LogP contribution in [-0.2, 0) is 0 Å². The van der Waals surface area contributed by atoms with Crippen molar-refractivity contribution in [2.24, 2.45) is 0 Å². The molecule has 0 bridgehead atoms. The number of aryl methyl sites for hydroxylation is 2. The van der Waals surface area contributed by atoms with Crippen LogP contribution in [0, 0.1) is 19.7 Å². The third-order valence-electron chi connectivity index (χ3n) is 6.01. The number of aromatic amines is 1. The lowest BCUT2D eigenvalue weighted by atomic mass is 9.90. The summed E-state index contributed by atoms with van der Waals surface area (Å²) in [6.45, 7) is 3.05. The number of hydrogen-bond acceptors (Lipinski definition) is 6. The Morgan fingerprint density at radius 1 is 1.03 bits per heavy atom. The number of aromatic nitrogens is 5. The van der Waals surface area contributed by atoms with Gasteiger partial charge in [0.05, 0.1) is 22.3 Å². The van der Waals surface area contributed by atoms with Gasteiger partial charge in [0.2, 0.25) is 0 Å². The molecule has 0 radical (unpaired) electrons. The van der Waals surface area contributed by atoms with Gasteiger partial charge in [-0.1, -0.05) is 0 Å². The van der Waals surface area contributed by atoms with Crippen LogP contribution in [0.5, 0.6) is 0 Å². The molecule has 0 saturated heterocycles. The summed E-state index contributed by atoms with van der Waals surface area (Å²) >= 11 is 0. The van der Waals surface area contributed by atoms with Crippen molar-refractivity contribution in [3.8, 4) is 11.3 Å². The monoisotopic (exact) mass is 494 g/mol. The molecule has 3 N–H and O–H groups in total. The van der Waals surface area contributed by atoms with E-state index in [0.29, 0.717) is 5.56 Å². The molecule has 0 aliphatic rings. The second kappa shape index (κ2) is 8.36. The number of fused-ring (bicyclic) bond motifs is 2. The Labute approximate surface area is 201 Å². The summed E-state index contributed by atoms with van der Waals surface area (Å²) in [6.07, 6.45) is -2.08. The Morgan fingerprint density at radius 3 is 2.53 bits per heavy atom. The fraction of sp³-hybridized carbons (Fsp3) is 0.160. The summed E-state index contributed by atoms with van der Waals surface area (Å²) in [4.78, 5) is 31.8. The highest BCUT2D eigenvalue weighted by Gasteiger charge is 2.46. The number of halogens is 4. The van der Waals surface area contributed by atoms with Crippen LogP contribution in [0.2, 0.25) is 0 Å². The molecule has 1 aromatic carbocycles. The number of nitrogens with zero attached hydrogens (tertiary/aromatic N) is 4. The second-order valence-corrected chi connectivity index (χ2v) is 8.35. The molecule has 0 fully saturated rings. The predicted molar refractivity (Wildman–Crippen MR) is 127 cm³/mol. The topological polar surface area (TPSA) is 110 Å². The summed E-state index contributed by atoms with van der Waals surface area (Å²) in [5.41, 5.74) is 5.62. The third kappa shape index (κ3) is 3.82. The molecular formula is C25H18F4N6O. The van der Waals surface area contributed by atoms with Gasteiger partial charge in [-0.05, 0) is 61.4 Å². The van der Waals surface area contributed by atoms with Crippen LogP contribution >= 0.6 is 0 Å². The van der Waals surface area contributed by atoms with Crippen molar-refractivity contribution >= 4 is 27.8 Å². The molecule has 5 rings (SSSR count). The molecule has 1 atom stereocenters. The number of anilines is 1. The SMILES string of the molecule is Cc1cc[nH]c(=O)c1-c1nc2c(C)c(F)ccc2cc1[C@H](c1nc(N)c2ncccc2n1)C(F)(F)F. The molecule has 4 heterocycles. The zero-order chi connectivity index (χ0) is 25.8. The van der Waals surface area contributed by atoms with Crippen LogP contribution in [-0.4, -0.2) is 31.1 Å². The number of hydrogen-bond donors (Lipinski definition) is 2. The van der Waals surface area contributed by atoms with Crippen LogP contribution in [0.25, 0.3) is 33.2 Å². The largest absolute Gasteiger partial charge is 0.402 e. The minimum atomic E-state index is -4.89. The first-order valence-electron chi connectivity index (χ1n) is 10.8. The van der Waals surface area contributed by atoms with E-state index in [1.165, 1.54) is 43.6 Å². The Hall–Kier alpha value is -4.41. The number of alkyl halides is 3. The molecular weight excluding hydrogens is 476 g/mol. The van der Waals surface area contributed by atoms with E-state index in [1.807, 2.05) is 0 Å². The van der Waals surface area contributed by atoms with Crippen LogP contribution < -0.4 is 11.3 Å². The van der Waals surface area contributed by atoms with Gasteiger partial charge in [-0.25, -0.2) is 19.3 Å². The standard InChI is InChI=1S/C25H18F4N6O/c1-11-7-9-32-24(36)17(11)20-14(10-13-5-6-15(26)12(2)19(13)34-20)18(25(27,28)29)23-33-16-4-3-8-31-21(16)22(30)35-23/h3-10,18H,1-2H3,(H,32,36)(H2,30,33,35)/t18-/m1/s1. The number of benzene rings is 1. The number of H-pyrrole nitrogens is 1. The highest BCUT2D eigenvalue weighted by Crippen LogP contribution is 2.44. The Bertz CT molecular complexity index is 1710. The maximum Gasteiger partial charge on any atom is 0.402 e. The first kappa shape index (κ1) is 23.3. The summed E-state index contributed by atoms with van der Waals surface area (Å²) in [5, 5.41) is 0.266. The molecule has 0 aliphatic carbocycles. The van der Waals surface area contributed by atoms with Gasteiger partial charge in [0.25, 0.3) is 5.56 Å². The molecule has 0 amide bonds. The van der Waals surface area contributed by atoms with Gasteiger partial charge in [-0.2, -0.15) is 13.2 Å². The zero-order valence-corrected chi connectivity index (χ0v) is 19.0. The molecule has 7 nitrogen and oxygen atoms in total. The lowest BCUT2D eigenvalue weighted by Gasteiger charge is -2.23. The van der Waals surface area contributed by atoms with Gasteiger partial charge in [0, 0.05) is 23.3 Å². The predicted octanol–water partition coefficient (Wildman–Crippen LogP) is 4.96. The smallest absolute Gasteiger partial charge is 0.382 e. The van der Waals surface area contributed by atoms with Gasteiger partial charge >= 0.3 is 6.18 Å². The molecule has 0 unspecified atom stereocenters. The van der Waals surface area contributed by atoms with Crippen LogP contribution in [0.3, 0.4) is 0 Å². The van der Waals surface area contributed by atoms with E-state index in [2.05, 4.69) is 24.9 Å². The van der Waals surface area contributed by atoms with E-state index in [4.69, 9.17) is 5.73 Å². The minimum Gasteiger partial charge on any atom is -0.382 e. The fourth-order valence-electron chi connectivity index (χ4n) is 4.27. The summed E-state index contributed by atoms with van der Waals surface area (Å²) in [7, 11) is 0. The molecule has 4 aromatic heterocycles. The first-order valence-corrected chi connectivity index (χ1v) is 10.8. The van der Waals surface area contributed by atoms with Gasteiger partial charge < -0.3 is 10.7 Å². The number of nitrogen functional groups attached to an aromatic ring is 1. The van der Waals surface area contributed by atoms with Gasteiger partial charge in [-0.15, -0.1) is 0 Å². The maximum atomic E-state index is 14.8. The van der Waals surface area contributed by atoms with Crippen molar-refractivity contribution in [3.63, 3.8) is 0 Å². The van der Waals surface area contributed by atoms with E-state index in [-0.39, 0.29) is 50.1 Å². The lowest BCUT2D eigenvalue weighted by Crippen LogP contribution is -2.26.